The predicted molar refractivity (Wildman–Crippen MR) is 71.6 cm³/mol. The molecule has 2 heterocycles. The van der Waals surface area contributed by atoms with Crippen LogP contribution in [0.25, 0.3) is 0 Å². The fraction of sp³-hybridized carbons (Fsp3) is 0.769. The maximum Gasteiger partial charge on any atom is 0.211 e. The van der Waals surface area contributed by atoms with Crippen LogP contribution in [-0.4, -0.2) is 61.1 Å². The first-order valence-electron chi connectivity index (χ1n) is 6.72. The molecule has 1 atom stereocenters. The average molecular weight is 252 g/mol. The third kappa shape index (κ3) is 3.80. The van der Waals surface area contributed by atoms with Gasteiger partial charge in [0.2, 0.25) is 5.89 Å². The largest absolute Gasteiger partial charge is 0.444 e. The Hall–Kier alpha value is -0.910. The molecule has 1 unspecified atom stereocenters. The third-order valence-electron chi connectivity index (χ3n) is 3.48. The standard InChI is InChI=1S/C13H24N4O/c1-11-10-15-13(18-11)12(2)14-4-5-17-8-6-16(3)7-9-17/h10,12,14H,4-9H2,1-3H3. The van der Waals surface area contributed by atoms with Gasteiger partial charge in [0.25, 0.3) is 0 Å². The van der Waals surface area contributed by atoms with Crippen molar-refractivity contribution < 1.29 is 4.42 Å². The molecule has 1 aliphatic rings. The zero-order valence-corrected chi connectivity index (χ0v) is 11.6. The highest BCUT2D eigenvalue weighted by Gasteiger charge is 2.14. The summed E-state index contributed by atoms with van der Waals surface area (Å²) in [7, 11) is 2.18. The zero-order valence-electron chi connectivity index (χ0n) is 11.6. The van der Waals surface area contributed by atoms with Gasteiger partial charge in [0.15, 0.2) is 0 Å². The van der Waals surface area contributed by atoms with Crippen molar-refractivity contribution in [1.29, 1.82) is 0 Å². The van der Waals surface area contributed by atoms with Gasteiger partial charge >= 0.3 is 0 Å². The Morgan fingerprint density at radius 2 is 2.11 bits per heavy atom. The molecule has 102 valence electrons. The van der Waals surface area contributed by atoms with Crippen LogP contribution in [0.15, 0.2) is 10.6 Å². The first-order chi connectivity index (χ1) is 8.65. The van der Waals surface area contributed by atoms with Gasteiger partial charge in [-0.2, -0.15) is 0 Å². The van der Waals surface area contributed by atoms with Crippen molar-refractivity contribution in [2.24, 2.45) is 0 Å². The first-order valence-corrected chi connectivity index (χ1v) is 6.72. The van der Waals surface area contributed by atoms with E-state index >= 15 is 0 Å². The molecule has 18 heavy (non-hydrogen) atoms. The second-order valence-electron chi connectivity index (χ2n) is 5.13. The number of rotatable bonds is 5. The van der Waals surface area contributed by atoms with E-state index in [0.717, 1.165) is 24.7 Å². The van der Waals surface area contributed by atoms with Gasteiger partial charge in [-0.15, -0.1) is 0 Å². The van der Waals surface area contributed by atoms with Crippen LogP contribution < -0.4 is 5.32 Å². The van der Waals surface area contributed by atoms with Gasteiger partial charge in [-0.1, -0.05) is 0 Å². The highest BCUT2D eigenvalue weighted by Crippen LogP contribution is 2.11. The van der Waals surface area contributed by atoms with Crippen LogP contribution in [0.1, 0.15) is 24.6 Å². The number of aromatic nitrogens is 1. The number of piperazine rings is 1. The summed E-state index contributed by atoms with van der Waals surface area (Å²) in [4.78, 5) is 9.12. The van der Waals surface area contributed by atoms with Gasteiger partial charge < -0.3 is 14.6 Å². The lowest BCUT2D eigenvalue weighted by molar-refractivity contribution is 0.153. The third-order valence-corrected chi connectivity index (χ3v) is 3.48. The van der Waals surface area contributed by atoms with Crippen molar-refractivity contribution in [2.75, 3.05) is 46.3 Å². The molecule has 1 aromatic rings. The molecule has 1 saturated heterocycles. The van der Waals surface area contributed by atoms with E-state index in [1.165, 1.54) is 26.2 Å². The summed E-state index contributed by atoms with van der Waals surface area (Å²) in [6.45, 7) is 10.8. The molecule has 0 aromatic carbocycles. The lowest BCUT2D eigenvalue weighted by atomic mass is 10.3. The van der Waals surface area contributed by atoms with E-state index in [1.807, 2.05) is 6.92 Å². The van der Waals surface area contributed by atoms with Crippen LogP contribution in [0.4, 0.5) is 0 Å². The fourth-order valence-corrected chi connectivity index (χ4v) is 2.17. The number of hydrogen-bond donors (Lipinski definition) is 1. The van der Waals surface area contributed by atoms with Gasteiger partial charge in [0, 0.05) is 39.3 Å². The Morgan fingerprint density at radius 3 is 2.72 bits per heavy atom. The first kappa shape index (κ1) is 13.5. The van der Waals surface area contributed by atoms with Crippen LogP contribution in [0.3, 0.4) is 0 Å². The van der Waals surface area contributed by atoms with Gasteiger partial charge in [0.1, 0.15) is 5.76 Å². The van der Waals surface area contributed by atoms with E-state index in [-0.39, 0.29) is 6.04 Å². The summed E-state index contributed by atoms with van der Waals surface area (Å²) in [6.07, 6.45) is 1.77. The van der Waals surface area contributed by atoms with Crippen molar-refractivity contribution in [3.63, 3.8) is 0 Å². The molecule has 5 nitrogen and oxygen atoms in total. The van der Waals surface area contributed by atoms with E-state index in [0.29, 0.717) is 0 Å². The van der Waals surface area contributed by atoms with Gasteiger partial charge in [-0.25, -0.2) is 4.98 Å². The lowest BCUT2D eigenvalue weighted by Crippen LogP contribution is -2.46. The van der Waals surface area contributed by atoms with Crippen LogP contribution in [0.5, 0.6) is 0 Å². The lowest BCUT2D eigenvalue weighted by Gasteiger charge is -2.32. The molecule has 1 aliphatic heterocycles. The van der Waals surface area contributed by atoms with Crippen molar-refractivity contribution in [2.45, 2.75) is 19.9 Å². The zero-order chi connectivity index (χ0) is 13.0. The second-order valence-corrected chi connectivity index (χ2v) is 5.13. The monoisotopic (exact) mass is 252 g/mol. The molecule has 0 radical (unpaired) electrons. The van der Waals surface area contributed by atoms with E-state index in [2.05, 4.69) is 34.1 Å². The summed E-state index contributed by atoms with van der Waals surface area (Å²) in [5.74, 6) is 1.66. The summed E-state index contributed by atoms with van der Waals surface area (Å²) in [5, 5.41) is 3.46. The summed E-state index contributed by atoms with van der Waals surface area (Å²) in [5.41, 5.74) is 0. The van der Waals surface area contributed by atoms with Gasteiger partial charge in [-0.05, 0) is 20.9 Å². The average Bonchev–Trinajstić information content (AvgIpc) is 2.78. The number of hydrogen-bond acceptors (Lipinski definition) is 5. The molecular weight excluding hydrogens is 228 g/mol. The minimum absolute atomic E-state index is 0.186. The van der Waals surface area contributed by atoms with Gasteiger partial charge in [0.05, 0.1) is 12.2 Å². The van der Waals surface area contributed by atoms with E-state index in [9.17, 15) is 0 Å². The highest BCUT2D eigenvalue weighted by molar-refractivity contribution is 4.94. The SMILES string of the molecule is Cc1cnc(C(C)NCCN2CCN(C)CC2)o1. The minimum Gasteiger partial charge on any atom is -0.444 e. The molecule has 1 N–H and O–H groups in total. The molecule has 0 bridgehead atoms. The van der Waals surface area contributed by atoms with Crippen molar-refractivity contribution in [3.8, 4) is 0 Å². The number of aryl methyl sites for hydroxylation is 1. The number of oxazole rings is 1. The molecule has 1 aromatic heterocycles. The predicted octanol–water partition coefficient (Wildman–Crippen LogP) is 0.881. The maximum atomic E-state index is 5.51. The minimum atomic E-state index is 0.186. The Labute approximate surface area is 109 Å². The van der Waals surface area contributed by atoms with Crippen LogP contribution in [0.2, 0.25) is 0 Å². The van der Waals surface area contributed by atoms with Gasteiger partial charge in [-0.3, -0.25) is 4.90 Å². The molecule has 1 fully saturated rings. The number of likely N-dealkylation sites (N-methyl/N-ethyl adjacent to an activating group) is 1. The van der Waals surface area contributed by atoms with E-state index in [4.69, 9.17) is 4.42 Å². The second kappa shape index (κ2) is 6.31. The molecule has 0 amide bonds. The molecule has 0 spiro atoms. The molecule has 5 heteroatoms. The Kier molecular flexibility index (Phi) is 4.74. The quantitative estimate of drug-likeness (QED) is 0.843. The number of nitrogens with zero attached hydrogens (tertiary/aromatic N) is 3. The fourth-order valence-electron chi connectivity index (χ4n) is 2.17. The molecule has 0 saturated carbocycles. The maximum absolute atomic E-state index is 5.51. The summed E-state index contributed by atoms with van der Waals surface area (Å²) in [6, 6.07) is 0.186. The number of nitrogens with one attached hydrogen (secondary N) is 1. The van der Waals surface area contributed by atoms with E-state index in [1.54, 1.807) is 6.20 Å². The topological polar surface area (TPSA) is 44.5 Å². The normalized spacial score (nSPS) is 20.2. The molecule has 0 aliphatic carbocycles. The summed E-state index contributed by atoms with van der Waals surface area (Å²) >= 11 is 0. The van der Waals surface area contributed by atoms with Crippen molar-refractivity contribution in [1.82, 2.24) is 20.1 Å². The Bertz CT molecular complexity index is 358. The van der Waals surface area contributed by atoms with Crippen molar-refractivity contribution >= 4 is 0 Å². The smallest absolute Gasteiger partial charge is 0.211 e. The van der Waals surface area contributed by atoms with Crippen LogP contribution in [0, 0.1) is 6.92 Å². The Balaban J connectivity index is 1.66. The van der Waals surface area contributed by atoms with Crippen LogP contribution >= 0.6 is 0 Å². The Morgan fingerprint density at radius 1 is 1.39 bits per heavy atom. The summed E-state index contributed by atoms with van der Waals surface area (Å²) < 4.78 is 5.51. The van der Waals surface area contributed by atoms with Crippen molar-refractivity contribution in [3.05, 3.63) is 17.8 Å². The molecule has 2 rings (SSSR count). The molecular formula is C13H24N4O. The van der Waals surface area contributed by atoms with E-state index < -0.39 is 0 Å². The van der Waals surface area contributed by atoms with Crippen LogP contribution in [-0.2, 0) is 0 Å². The highest BCUT2D eigenvalue weighted by atomic mass is 16.4.